The minimum atomic E-state index is -1.04. The largest absolute Gasteiger partial charge is 0.478 e. The van der Waals surface area contributed by atoms with Gasteiger partial charge in [0.15, 0.2) is 0 Å². The molecule has 136 valence electrons. The van der Waals surface area contributed by atoms with Gasteiger partial charge in [-0.05, 0) is 40.2 Å². The first kappa shape index (κ1) is 18.8. The molecule has 25 heavy (non-hydrogen) atoms. The van der Waals surface area contributed by atoms with Gasteiger partial charge >= 0.3 is 5.97 Å². The van der Waals surface area contributed by atoms with Crippen LogP contribution in [-0.2, 0) is 18.5 Å². The lowest BCUT2D eigenvalue weighted by molar-refractivity contribution is 0.0694. The highest BCUT2D eigenvalue weighted by molar-refractivity contribution is 5.95. The van der Waals surface area contributed by atoms with Crippen molar-refractivity contribution in [2.75, 3.05) is 7.05 Å². The Morgan fingerprint density at radius 1 is 1.32 bits per heavy atom. The van der Waals surface area contributed by atoms with Gasteiger partial charge in [0.1, 0.15) is 17.1 Å². The molecule has 1 N–H and O–H groups in total. The van der Waals surface area contributed by atoms with E-state index in [1.165, 1.54) is 11.0 Å². The number of furan rings is 1. The summed E-state index contributed by atoms with van der Waals surface area (Å²) in [6.07, 6.45) is 2.29. The molecule has 0 spiro atoms. The molecule has 2 rings (SSSR count). The van der Waals surface area contributed by atoms with Crippen molar-refractivity contribution in [3.05, 3.63) is 40.6 Å². The van der Waals surface area contributed by atoms with Crippen molar-refractivity contribution in [2.24, 2.45) is 0 Å². The molecule has 0 aromatic carbocycles. The van der Waals surface area contributed by atoms with Crippen LogP contribution in [0.15, 0.2) is 16.7 Å². The Balaban J connectivity index is 2.25. The van der Waals surface area contributed by atoms with Gasteiger partial charge in [0, 0.05) is 7.05 Å². The van der Waals surface area contributed by atoms with Crippen molar-refractivity contribution in [3.63, 3.8) is 0 Å². The van der Waals surface area contributed by atoms with Crippen LogP contribution >= 0.6 is 0 Å². The summed E-state index contributed by atoms with van der Waals surface area (Å²) >= 11 is 0. The maximum absolute atomic E-state index is 12.8. The summed E-state index contributed by atoms with van der Waals surface area (Å²) in [6, 6.07) is 1.46. The van der Waals surface area contributed by atoms with E-state index in [0.29, 0.717) is 23.5 Å². The average Bonchev–Trinajstić information content (AvgIpc) is 3.09. The molecule has 0 aliphatic heterocycles. The molecule has 0 unspecified atom stereocenters. The van der Waals surface area contributed by atoms with E-state index in [1.54, 1.807) is 20.2 Å². The summed E-state index contributed by atoms with van der Waals surface area (Å²) in [5, 5.41) is 13.5. The molecule has 7 nitrogen and oxygen atoms in total. The van der Waals surface area contributed by atoms with Gasteiger partial charge in [0.05, 0.1) is 29.5 Å². The summed E-state index contributed by atoms with van der Waals surface area (Å²) in [5.74, 6) is -0.440. The van der Waals surface area contributed by atoms with Gasteiger partial charge in [-0.25, -0.2) is 4.79 Å². The molecule has 0 saturated heterocycles. The molecule has 2 heterocycles. The number of carboxylic acid groups (broad SMARTS) is 1. The number of carbonyl (C=O) groups is 2. The van der Waals surface area contributed by atoms with Crippen molar-refractivity contribution in [1.29, 1.82) is 0 Å². The summed E-state index contributed by atoms with van der Waals surface area (Å²) in [4.78, 5) is 25.4. The van der Waals surface area contributed by atoms with Gasteiger partial charge in [-0.3, -0.25) is 9.48 Å². The molecular formula is C18H25N3O4. The fourth-order valence-corrected chi connectivity index (χ4v) is 2.82. The van der Waals surface area contributed by atoms with Crippen LogP contribution in [0.1, 0.15) is 65.6 Å². The maximum atomic E-state index is 12.8. The van der Waals surface area contributed by atoms with Gasteiger partial charge in [-0.2, -0.15) is 5.10 Å². The van der Waals surface area contributed by atoms with Crippen molar-refractivity contribution >= 4 is 11.9 Å². The van der Waals surface area contributed by atoms with Crippen LogP contribution in [0.4, 0.5) is 0 Å². The second-order valence-corrected chi connectivity index (χ2v) is 7.09. The van der Waals surface area contributed by atoms with Crippen molar-refractivity contribution < 1.29 is 19.1 Å². The standard InChI is InChI=1S/C18H25N3O4/c1-7-15-14(9-19-21(15)18(3,4)5)16(22)20(6)10-12-8-13(17(23)24)11(2)25-12/h8-9H,7,10H2,1-6H3,(H,23,24). The number of carbonyl (C=O) groups excluding carboxylic acids is 1. The van der Waals surface area contributed by atoms with E-state index in [4.69, 9.17) is 9.52 Å². The fourth-order valence-electron chi connectivity index (χ4n) is 2.82. The Bertz CT molecular complexity index is 796. The predicted molar refractivity (Wildman–Crippen MR) is 92.8 cm³/mol. The molecule has 2 aromatic rings. The van der Waals surface area contributed by atoms with Crippen molar-refractivity contribution in [1.82, 2.24) is 14.7 Å². The number of carboxylic acids is 1. The molecule has 7 heteroatoms. The van der Waals surface area contributed by atoms with E-state index in [0.717, 1.165) is 5.69 Å². The van der Waals surface area contributed by atoms with Crippen LogP contribution in [0, 0.1) is 6.92 Å². The molecule has 2 aromatic heterocycles. The number of nitrogens with zero attached hydrogens (tertiary/aromatic N) is 3. The third-order valence-corrected chi connectivity index (χ3v) is 4.01. The zero-order chi connectivity index (χ0) is 18.9. The molecule has 0 saturated carbocycles. The van der Waals surface area contributed by atoms with E-state index >= 15 is 0 Å². The van der Waals surface area contributed by atoms with Gasteiger partial charge in [0.25, 0.3) is 5.91 Å². The van der Waals surface area contributed by atoms with Crippen LogP contribution in [-0.4, -0.2) is 38.7 Å². The van der Waals surface area contributed by atoms with E-state index in [2.05, 4.69) is 5.10 Å². The Kier molecular flexibility index (Phi) is 5.06. The highest BCUT2D eigenvalue weighted by atomic mass is 16.4. The Morgan fingerprint density at radius 3 is 2.44 bits per heavy atom. The zero-order valence-electron chi connectivity index (χ0n) is 15.6. The monoisotopic (exact) mass is 347 g/mol. The highest BCUT2D eigenvalue weighted by Gasteiger charge is 2.25. The summed E-state index contributed by atoms with van der Waals surface area (Å²) in [5.41, 5.74) is 1.34. The first-order chi connectivity index (χ1) is 11.6. The molecule has 0 aliphatic carbocycles. The maximum Gasteiger partial charge on any atom is 0.339 e. The average molecular weight is 347 g/mol. The lowest BCUT2D eigenvalue weighted by atomic mass is 10.1. The number of amides is 1. The third kappa shape index (κ3) is 3.75. The number of hydrogen-bond donors (Lipinski definition) is 1. The van der Waals surface area contributed by atoms with E-state index < -0.39 is 5.97 Å². The number of hydrogen-bond acceptors (Lipinski definition) is 4. The van der Waals surface area contributed by atoms with E-state index in [1.807, 2.05) is 32.4 Å². The lowest BCUT2D eigenvalue weighted by Crippen LogP contribution is -2.29. The van der Waals surface area contributed by atoms with Gasteiger partial charge < -0.3 is 14.4 Å². The molecule has 0 aliphatic rings. The smallest absolute Gasteiger partial charge is 0.339 e. The fraction of sp³-hybridized carbons (Fsp3) is 0.500. The van der Waals surface area contributed by atoms with Crippen LogP contribution in [0.2, 0.25) is 0 Å². The topological polar surface area (TPSA) is 88.6 Å². The first-order valence-electron chi connectivity index (χ1n) is 8.21. The Hall–Kier alpha value is -2.57. The van der Waals surface area contributed by atoms with Crippen LogP contribution in [0.3, 0.4) is 0 Å². The number of aromatic carboxylic acids is 1. The van der Waals surface area contributed by atoms with Gasteiger partial charge in [-0.1, -0.05) is 6.92 Å². The van der Waals surface area contributed by atoms with Crippen LogP contribution in [0.5, 0.6) is 0 Å². The number of rotatable bonds is 5. The minimum Gasteiger partial charge on any atom is -0.478 e. The second kappa shape index (κ2) is 6.74. The normalized spacial score (nSPS) is 11.6. The molecule has 0 fully saturated rings. The summed E-state index contributed by atoms with van der Waals surface area (Å²) < 4.78 is 7.32. The van der Waals surface area contributed by atoms with Crippen LogP contribution < -0.4 is 0 Å². The SMILES string of the molecule is CCc1c(C(=O)N(C)Cc2cc(C(=O)O)c(C)o2)cnn1C(C)(C)C. The van der Waals surface area contributed by atoms with E-state index in [9.17, 15) is 9.59 Å². The molecule has 0 bridgehead atoms. The van der Waals surface area contributed by atoms with Crippen molar-refractivity contribution in [3.8, 4) is 0 Å². The number of aromatic nitrogens is 2. The van der Waals surface area contributed by atoms with Crippen LogP contribution in [0.25, 0.3) is 0 Å². The quantitative estimate of drug-likeness (QED) is 0.898. The van der Waals surface area contributed by atoms with Gasteiger partial charge in [0.2, 0.25) is 0 Å². The van der Waals surface area contributed by atoms with Gasteiger partial charge in [-0.15, -0.1) is 0 Å². The summed E-state index contributed by atoms with van der Waals surface area (Å²) in [6.45, 7) is 9.89. The summed E-state index contributed by atoms with van der Waals surface area (Å²) in [7, 11) is 1.66. The minimum absolute atomic E-state index is 0.116. The second-order valence-electron chi connectivity index (χ2n) is 7.09. The zero-order valence-corrected chi connectivity index (χ0v) is 15.6. The van der Waals surface area contributed by atoms with E-state index in [-0.39, 0.29) is 23.6 Å². The number of aryl methyl sites for hydroxylation is 1. The molecule has 0 radical (unpaired) electrons. The Morgan fingerprint density at radius 2 is 1.96 bits per heavy atom. The predicted octanol–water partition coefficient (Wildman–Crippen LogP) is 3.07. The molecular weight excluding hydrogens is 322 g/mol. The molecule has 0 atom stereocenters. The third-order valence-electron chi connectivity index (χ3n) is 4.01. The molecule has 1 amide bonds. The van der Waals surface area contributed by atoms with Crippen molar-refractivity contribution in [2.45, 2.75) is 53.1 Å². The highest BCUT2D eigenvalue weighted by Crippen LogP contribution is 2.22. The Labute approximate surface area is 147 Å². The first-order valence-corrected chi connectivity index (χ1v) is 8.21. The lowest BCUT2D eigenvalue weighted by Gasteiger charge is -2.23.